The molecule has 0 heterocycles. The van der Waals surface area contributed by atoms with Gasteiger partial charge in [-0.1, -0.05) is 38.8 Å². The van der Waals surface area contributed by atoms with Crippen LogP contribution in [0.2, 0.25) is 0 Å². The van der Waals surface area contributed by atoms with Crippen LogP contribution in [-0.2, 0) is 0 Å². The third-order valence-corrected chi connectivity index (χ3v) is 3.75. The minimum Gasteiger partial charge on any atom is -0.396 e. The highest BCUT2D eigenvalue weighted by molar-refractivity contribution is 4.96. The first-order chi connectivity index (χ1) is 7.38. The van der Waals surface area contributed by atoms with Gasteiger partial charge in [0.1, 0.15) is 0 Å². The molecule has 0 bridgehead atoms. The Kier molecular flexibility index (Phi) is 6.66. The molecule has 0 amide bonds. The highest BCUT2D eigenvalue weighted by atomic mass is 16.3. The van der Waals surface area contributed by atoms with Crippen LogP contribution in [0.5, 0.6) is 0 Å². The van der Waals surface area contributed by atoms with Crippen molar-refractivity contribution in [3.63, 3.8) is 0 Å². The molecule has 2 atom stereocenters. The van der Waals surface area contributed by atoms with Crippen molar-refractivity contribution in [3.05, 3.63) is 24.8 Å². The van der Waals surface area contributed by atoms with Gasteiger partial charge in [-0.3, -0.25) is 0 Å². The molecule has 2 unspecified atom stereocenters. The second kappa shape index (κ2) is 6.90. The van der Waals surface area contributed by atoms with Crippen molar-refractivity contribution in [1.29, 1.82) is 0 Å². The van der Waals surface area contributed by atoms with Gasteiger partial charge in [-0.2, -0.15) is 0 Å². The Bertz CT molecular complexity index is 228. The van der Waals surface area contributed by atoms with E-state index in [1.54, 1.807) is 0 Å². The van der Waals surface area contributed by atoms with Gasteiger partial charge in [0.05, 0.1) is 0 Å². The number of hydrogen-bond acceptors (Lipinski definition) is 1. The van der Waals surface area contributed by atoms with Crippen LogP contribution in [0.15, 0.2) is 24.8 Å². The van der Waals surface area contributed by atoms with E-state index in [2.05, 4.69) is 33.9 Å². The van der Waals surface area contributed by atoms with E-state index < -0.39 is 0 Å². The summed E-state index contributed by atoms with van der Waals surface area (Å²) >= 11 is 0. The van der Waals surface area contributed by atoms with Gasteiger partial charge in [-0.25, -0.2) is 0 Å². The van der Waals surface area contributed by atoms with Crippen LogP contribution < -0.4 is 0 Å². The van der Waals surface area contributed by atoms with E-state index in [0.29, 0.717) is 11.8 Å². The molecule has 0 radical (unpaired) electrons. The van der Waals surface area contributed by atoms with Crippen molar-refractivity contribution in [2.45, 2.75) is 47.0 Å². The molecule has 1 nitrogen and oxygen atoms in total. The van der Waals surface area contributed by atoms with Gasteiger partial charge in [0.25, 0.3) is 0 Å². The summed E-state index contributed by atoms with van der Waals surface area (Å²) in [4.78, 5) is 0. The molecule has 1 heteroatoms. The highest BCUT2D eigenvalue weighted by Crippen LogP contribution is 2.40. The fraction of sp³-hybridized carbons (Fsp3) is 0.733. The zero-order valence-corrected chi connectivity index (χ0v) is 11.4. The summed E-state index contributed by atoms with van der Waals surface area (Å²) in [7, 11) is 0. The summed E-state index contributed by atoms with van der Waals surface area (Å²) in [6, 6.07) is 0. The molecule has 16 heavy (non-hydrogen) atoms. The second-order valence-corrected chi connectivity index (χ2v) is 5.58. The molecule has 0 aromatic carbocycles. The Labute approximate surface area is 101 Å². The van der Waals surface area contributed by atoms with Gasteiger partial charge in [0.2, 0.25) is 0 Å². The fourth-order valence-electron chi connectivity index (χ4n) is 2.37. The normalized spacial score (nSPS) is 15.6. The number of aliphatic hydroxyl groups excluding tert-OH is 1. The average Bonchev–Trinajstić information content (AvgIpc) is 2.22. The maximum absolute atomic E-state index is 9.56. The lowest BCUT2D eigenvalue weighted by molar-refractivity contribution is 0.0843. The molecular formula is C15H28O. The lowest BCUT2D eigenvalue weighted by atomic mass is 9.67. The van der Waals surface area contributed by atoms with Crippen molar-refractivity contribution < 1.29 is 5.11 Å². The quantitative estimate of drug-likeness (QED) is 0.613. The second-order valence-electron chi connectivity index (χ2n) is 5.58. The molecule has 0 saturated heterocycles. The topological polar surface area (TPSA) is 20.2 Å². The van der Waals surface area contributed by atoms with Gasteiger partial charge < -0.3 is 5.11 Å². The van der Waals surface area contributed by atoms with E-state index in [-0.39, 0.29) is 12.0 Å². The van der Waals surface area contributed by atoms with E-state index in [0.717, 1.165) is 24.8 Å². The molecule has 1 N–H and O–H groups in total. The minimum absolute atomic E-state index is 0.245. The van der Waals surface area contributed by atoms with Crippen molar-refractivity contribution in [3.8, 4) is 0 Å². The summed E-state index contributed by atoms with van der Waals surface area (Å²) in [5, 5.41) is 9.56. The zero-order valence-electron chi connectivity index (χ0n) is 11.4. The summed E-state index contributed by atoms with van der Waals surface area (Å²) in [6.07, 6.45) is 4.99. The van der Waals surface area contributed by atoms with E-state index in [9.17, 15) is 5.11 Å². The molecule has 0 aliphatic carbocycles. The number of hydrogen-bond donors (Lipinski definition) is 1. The monoisotopic (exact) mass is 224 g/mol. The van der Waals surface area contributed by atoms with Gasteiger partial charge in [-0.05, 0) is 37.0 Å². The Morgan fingerprint density at radius 1 is 1.44 bits per heavy atom. The van der Waals surface area contributed by atoms with Crippen LogP contribution >= 0.6 is 0 Å². The van der Waals surface area contributed by atoms with Gasteiger partial charge in [0.15, 0.2) is 0 Å². The van der Waals surface area contributed by atoms with Crippen molar-refractivity contribution >= 4 is 0 Å². The standard InChI is InChI=1S/C15H28O/c1-7-9-14(15(5,6)8-2)13(11-16)10-12(3)4/h7,13-14,16H,1,3,8-11H2,2,4-6H3. The third-order valence-electron chi connectivity index (χ3n) is 3.75. The van der Waals surface area contributed by atoms with Gasteiger partial charge in [-0.15, -0.1) is 13.2 Å². The van der Waals surface area contributed by atoms with E-state index in [1.165, 1.54) is 0 Å². The van der Waals surface area contributed by atoms with Crippen LogP contribution in [0.1, 0.15) is 47.0 Å². The maximum Gasteiger partial charge on any atom is 0.0465 e. The summed E-state index contributed by atoms with van der Waals surface area (Å²) in [5.74, 6) is 0.794. The summed E-state index contributed by atoms with van der Waals surface area (Å²) < 4.78 is 0. The average molecular weight is 224 g/mol. The molecule has 0 aliphatic heterocycles. The molecular weight excluding hydrogens is 196 g/mol. The third kappa shape index (κ3) is 4.52. The molecule has 0 aromatic rings. The van der Waals surface area contributed by atoms with Crippen molar-refractivity contribution in [2.75, 3.05) is 6.61 Å². The van der Waals surface area contributed by atoms with Crippen LogP contribution in [0.25, 0.3) is 0 Å². The van der Waals surface area contributed by atoms with E-state index >= 15 is 0 Å². The van der Waals surface area contributed by atoms with E-state index in [4.69, 9.17) is 0 Å². The first kappa shape index (κ1) is 15.4. The predicted octanol–water partition coefficient (Wildman–Crippen LogP) is 4.19. The fourth-order valence-corrected chi connectivity index (χ4v) is 2.37. The molecule has 0 saturated carbocycles. The smallest absolute Gasteiger partial charge is 0.0465 e. The number of aliphatic hydroxyl groups is 1. The van der Waals surface area contributed by atoms with Crippen molar-refractivity contribution in [2.24, 2.45) is 17.3 Å². The van der Waals surface area contributed by atoms with E-state index in [1.807, 2.05) is 13.0 Å². The molecule has 0 fully saturated rings. The molecule has 0 rings (SSSR count). The first-order valence-electron chi connectivity index (χ1n) is 6.25. The maximum atomic E-state index is 9.56. The van der Waals surface area contributed by atoms with Crippen molar-refractivity contribution in [1.82, 2.24) is 0 Å². The van der Waals surface area contributed by atoms with Crippen LogP contribution in [-0.4, -0.2) is 11.7 Å². The lowest BCUT2D eigenvalue weighted by Crippen LogP contribution is -2.32. The van der Waals surface area contributed by atoms with Gasteiger partial charge >= 0.3 is 0 Å². The summed E-state index contributed by atoms with van der Waals surface area (Å²) in [6.45, 7) is 16.8. The number of rotatable bonds is 8. The SMILES string of the molecule is C=CCC(C(CO)CC(=C)C)C(C)(C)CC. The molecule has 0 aliphatic rings. The Morgan fingerprint density at radius 2 is 2.00 bits per heavy atom. The summed E-state index contributed by atoms with van der Waals surface area (Å²) in [5.41, 5.74) is 1.40. The molecule has 94 valence electrons. The number of allylic oxidation sites excluding steroid dienone is 2. The minimum atomic E-state index is 0.245. The van der Waals surface area contributed by atoms with Gasteiger partial charge in [0, 0.05) is 6.61 Å². The first-order valence-corrected chi connectivity index (χ1v) is 6.25. The Hall–Kier alpha value is -0.560. The molecule has 0 spiro atoms. The Morgan fingerprint density at radius 3 is 2.31 bits per heavy atom. The predicted molar refractivity (Wildman–Crippen MR) is 72.4 cm³/mol. The Balaban J connectivity index is 4.84. The zero-order chi connectivity index (χ0) is 12.8. The lowest BCUT2D eigenvalue weighted by Gasteiger charge is -2.38. The van der Waals surface area contributed by atoms with Crippen LogP contribution in [0.4, 0.5) is 0 Å². The van der Waals surface area contributed by atoms with Crippen LogP contribution in [0.3, 0.4) is 0 Å². The van der Waals surface area contributed by atoms with Crippen LogP contribution in [0, 0.1) is 17.3 Å². The highest BCUT2D eigenvalue weighted by Gasteiger charge is 2.32. The largest absolute Gasteiger partial charge is 0.396 e. The molecule has 0 aromatic heterocycles.